The van der Waals surface area contributed by atoms with E-state index in [1.54, 1.807) is 0 Å². The molecule has 1 atom stereocenters. The van der Waals surface area contributed by atoms with E-state index >= 15 is 0 Å². The number of carbonyl (C=O) groups is 3. The molecule has 0 spiro atoms. The molecule has 132 valence electrons. The lowest BCUT2D eigenvalue weighted by Gasteiger charge is -2.23. The first-order valence-electron chi connectivity index (χ1n) is 8.08. The standard InChI is InChI=1S/C16H24N4O4/c1-10(21)18-13(11-6-4-5-7-11)14(22)19-12-8-17-20(9-12)16(2,3)15(23)24/h8-9,11,13H,4-7H2,1-3H3,(H,18,21)(H,19,22)(H,23,24). The van der Waals surface area contributed by atoms with E-state index in [2.05, 4.69) is 15.7 Å². The summed E-state index contributed by atoms with van der Waals surface area (Å²) in [6.07, 6.45) is 6.80. The maximum Gasteiger partial charge on any atom is 0.331 e. The summed E-state index contributed by atoms with van der Waals surface area (Å²) in [5.41, 5.74) is -0.812. The Bertz CT molecular complexity index is 632. The second-order valence-corrected chi connectivity index (χ2v) is 6.75. The highest BCUT2D eigenvalue weighted by Gasteiger charge is 2.33. The van der Waals surface area contributed by atoms with Crippen molar-refractivity contribution in [1.82, 2.24) is 15.1 Å². The number of nitrogens with zero attached hydrogens (tertiary/aromatic N) is 2. The van der Waals surface area contributed by atoms with Gasteiger partial charge < -0.3 is 15.7 Å². The van der Waals surface area contributed by atoms with Crippen LogP contribution in [-0.4, -0.2) is 38.7 Å². The Balaban J connectivity index is 2.10. The van der Waals surface area contributed by atoms with Gasteiger partial charge in [-0.05, 0) is 32.6 Å². The molecule has 2 amide bonds. The Morgan fingerprint density at radius 2 is 1.96 bits per heavy atom. The monoisotopic (exact) mass is 336 g/mol. The molecule has 1 saturated carbocycles. The first kappa shape index (κ1) is 18.0. The van der Waals surface area contributed by atoms with Crippen molar-refractivity contribution < 1.29 is 19.5 Å². The fraction of sp³-hybridized carbons (Fsp3) is 0.625. The van der Waals surface area contributed by atoms with Crippen molar-refractivity contribution in [3.8, 4) is 0 Å². The minimum absolute atomic E-state index is 0.124. The summed E-state index contributed by atoms with van der Waals surface area (Å²) in [6, 6.07) is -0.583. The third-order valence-corrected chi connectivity index (χ3v) is 4.46. The molecule has 1 aromatic heterocycles. The number of anilines is 1. The molecular formula is C16H24N4O4. The van der Waals surface area contributed by atoms with Crippen LogP contribution in [0.3, 0.4) is 0 Å². The molecule has 0 radical (unpaired) electrons. The zero-order chi connectivity index (χ0) is 17.9. The first-order valence-corrected chi connectivity index (χ1v) is 8.08. The maximum absolute atomic E-state index is 12.5. The van der Waals surface area contributed by atoms with Gasteiger partial charge in [0.2, 0.25) is 11.8 Å². The number of amides is 2. The van der Waals surface area contributed by atoms with Gasteiger partial charge in [-0.2, -0.15) is 5.10 Å². The van der Waals surface area contributed by atoms with E-state index in [1.165, 1.54) is 37.8 Å². The van der Waals surface area contributed by atoms with E-state index in [4.69, 9.17) is 0 Å². The van der Waals surface area contributed by atoms with E-state index in [1.807, 2.05) is 0 Å². The zero-order valence-corrected chi connectivity index (χ0v) is 14.2. The summed E-state index contributed by atoms with van der Waals surface area (Å²) in [4.78, 5) is 35.2. The van der Waals surface area contributed by atoms with Crippen LogP contribution < -0.4 is 10.6 Å². The molecule has 2 rings (SSSR count). The zero-order valence-electron chi connectivity index (χ0n) is 14.2. The average molecular weight is 336 g/mol. The number of hydrogen-bond acceptors (Lipinski definition) is 4. The summed E-state index contributed by atoms with van der Waals surface area (Å²) in [5, 5.41) is 18.7. The molecule has 0 saturated heterocycles. The molecule has 1 aliphatic carbocycles. The van der Waals surface area contributed by atoms with E-state index < -0.39 is 17.6 Å². The highest BCUT2D eigenvalue weighted by atomic mass is 16.4. The quantitative estimate of drug-likeness (QED) is 0.725. The fourth-order valence-corrected chi connectivity index (χ4v) is 2.92. The van der Waals surface area contributed by atoms with Gasteiger partial charge >= 0.3 is 5.97 Å². The van der Waals surface area contributed by atoms with Gasteiger partial charge in [0.25, 0.3) is 0 Å². The number of aliphatic carboxylic acids is 1. The number of nitrogens with one attached hydrogen (secondary N) is 2. The van der Waals surface area contributed by atoms with Gasteiger partial charge in [-0.25, -0.2) is 4.79 Å². The van der Waals surface area contributed by atoms with Gasteiger partial charge in [-0.3, -0.25) is 14.3 Å². The van der Waals surface area contributed by atoms with Crippen LogP contribution in [0.25, 0.3) is 0 Å². The predicted octanol–water partition coefficient (Wildman–Crippen LogP) is 1.34. The van der Waals surface area contributed by atoms with Crippen molar-refractivity contribution in [3.05, 3.63) is 12.4 Å². The van der Waals surface area contributed by atoms with Crippen LogP contribution in [0, 0.1) is 5.92 Å². The molecule has 1 unspecified atom stereocenters. The summed E-state index contributed by atoms with van der Waals surface area (Å²) in [7, 11) is 0. The van der Waals surface area contributed by atoms with Crippen molar-refractivity contribution in [1.29, 1.82) is 0 Å². The Hall–Kier alpha value is -2.38. The van der Waals surface area contributed by atoms with Gasteiger partial charge in [0.1, 0.15) is 6.04 Å². The molecular weight excluding hydrogens is 312 g/mol. The van der Waals surface area contributed by atoms with Crippen LogP contribution in [-0.2, 0) is 19.9 Å². The lowest BCUT2D eigenvalue weighted by molar-refractivity contribution is -0.146. The van der Waals surface area contributed by atoms with Crippen molar-refractivity contribution >= 4 is 23.5 Å². The summed E-state index contributed by atoms with van der Waals surface area (Å²) < 4.78 is 1.29. The van der Waals surface area contributed by atoms with Crippen LogP contribution in [0.5, 0.6) is 0 Å². The SMILES string of the molecule is CC(=O)NC(C(=O)Nc1cnn(C(C)(C)C(=O)O)c1)C1CCCC1. The van der Waals surface area contributed by atoms with Crippen LogP contribution in [0.1, 0.15) is 46.5 Å². The largest absolute Gasteiger partial charge is 0.479 e. The number of aromatic nitrogens is 2. The lowest BCUT2D eigenvalue weighted by atomic mass is 9.97. The molecule has 0 bridgehead atoms. The van der Waals surface area contributed by atoms with E-state index in [0.717, 1.165) is 25.7 Å². The Morgan fingerprint density at radius 1 is 1.33 bits per heavy atom. The third kappa shape index (κ3) is 3.93. The highest BCUT2D eigenvalue weighted by Crippen LogP contribution is 2.28. The van der Waals surface area contributed by atoms with Crippen molar-refractivity contribution in [3.63, 3.8) is 0 Å². The number of carbonyl (C=O) groups excluding carboxylic acids is 2. The molecule has 3 N–H and O–H groups in total. The Kier molecular flexibility index (Phi) is 5.26. The number of hydrogen-bond donors (Lipinski definition) is 3. The second kappa shape index (κ2) is 7.02. The number of rotatable bonds is 6. The van der Waals surface area contributed by atoms with Gasteiger partial charge in [0.05, 0.1) is 11.9 Å². The van der Waals surface area contributed by atoms with Gasteiger partial charge in [0.15, 0.2) is 5.54 Å². The van der Waals surface area contributed by atoms with Crippen LogP contribution in [0.4, 0.5) is 5.69 Å². The number of carboxylic acid groups (broad SMARTS) is 1. The molecule has 8 heteroatoms. The summed E-state index contributed by atoms with van der Waals surface area (Å²) >= 11 is 0. The lowest BCUT2D eigenvalue weighted by Crippen LogP contribution is -2.47. The van der Waals surface area contributed by atoms with Gasteiger partial charge in [-0.15, -0.1) is 0 Å². The molecule has 24 heavy (non-hydrogen) atoms. The Labute approximate surface area is 140 Å². The normalized spacial score (nSPS) is 16.6. The second-order valence-electron chi connectivity index (χ2n) is 6.75. The Morgan fingerprint density at radius 3 is 2.50 bits per heavy atom. The predicted molar refractivity (Wildman–Crippen MR) is 87.4 cm³/mol. The van der Waals surface area contributed by atoms with Gasteiger partial charge in [0, 0.05) is 13.1 Å². The molecule has 0 aliphatic heterocycles. The third-order valence-electron chi connectivity index (χ3n) is 4.46. The molecule has 1 heterocycles. The number of carboxylic acids is 1. The summed E-state index contributed by atoms with van der Waals surface area (Å²) in [6.45, 7) is 4.43. The summed E-state index contributed by atoms with van der Waals surface area (Å²) in [5.74, 6) is -1.44. The van der Waals surface area contributed by atoms with E-state index in [-0.39, 0.29) is 17.7 Å². The average Bonchev–Trinajstić information content (AvgIpc) is 3.15. The van der Waals surface area contributed by atoms with Gasteiger partial charge in [-0.1, -0.05) is 12.8 Å². The molecule has 1 fully saturated rings. The van der Waals surface area contributed by atoms with Crippen LogP contribution in [0.2, 0.25) is 0 Å². The minimum atomic E-state index is -1.22. The minimum Gasteiger partial charge on any atom is -0.479 e. The van der Waals surface area contributed by atoms with E-state index in [0.29, 0.717) is 5.69 Å². The van der Waals surface area contributed by atoms with Crippen molar-refractivity contribution in [2.24, 2.45) is 5.92 Å². The van der Waals surface area contributed by atoms with Crippen molar-refractivity contribution in [2.75, 3.05) is 5.32 Å². The van der Waals surface area contributed by atoms with E-state index in [9.17, 15) is 19.5 Å². The first-order chi connectivity index (χ1) is 11.2. The smallest absolute Gasteiger partial charge is 0.331 e. The molecule has 8 nitrogen and oxygen atoms in total. The molecule has 1 aromatic rings. The fourth-order valence-electron chi connectivity index (χ4n) is 2.92. The molecule has 1 aliphatic rings. The molecule has 0 aromatic carbocycles. The van der Waals surface area contributed by atoms with Crippen LogP contribution >= 0.6 is 0 Å². The topological polar surface area (TPSA) is 113 Å². The highest BCUT2D eigenvalue weighted by molar-refractivity contribution is 5.97. The van der Waals surface area contributed by atoms with Crippen molar-refractivity contribution in [2.45, 2.75) is 58.0 Å². The van der Waals surface area contributed by atoms with Crippen LogP contribution in [0.15, 0.2) is 12.4 Å². The maximum atomic E-state index is 12.5.